The first kappa shape index (κ1) is 24.3. The summed E-state index contributed by atoms with van der Waals surface area (Å²) in [6, 6.07) is 15.5. The van der Waals surface area contributed by atoms with Crippen LogP contribution < -0.4 is 4.74 Å². The third-order valence-electron chi connectivity index (χ3n) is 5.63. The van der Waals surface area contributed by atoms with Crippen LogP contribution in [0.2, 0.25) is 5.02 Å². The largest absolute Gasteiger partial charge is 0.489 e. The highest BCUT2D eigenvalue weighted by molar-refractivity contribution is 6.30. The molecule has 0 bridgehead atoms. The van der Waals surface area contributed by atoms with E-state index < -0.39 is 0 Å². The molecular formula is C28H26ClN3O3. The number of benzene rings is 2. The first-order valence-electron chi connectivity index (χ1n) is 11.4. The Bertz CT molecular complexity index is 1400. The van der Waals surface area contributed by atoms with E-state index in [9.17, 15) is 4.79 Å². The number of pyridine rings is 1. The maximum absolute atomic E-state index is 11.9. The fourth-order valence-electron chi connectivity index (χ4n) is 3.92. The number of fused-ring (bicyclic) bond motifs is 1. The van der Waals surface area contributed by atoms with E-state index >= 15 is 0 Å². The number of halogens is 1. The summed E-state index contributed by atoms with van der Waals surface area (Å²) in [6.07, 6.45) is 3.69. The Morgan fingerprint density at radius 1 is 1.17 bits per heavy atom. The molecule has 35 heavy (non-hydrogen) atoms. The van der Waals surface area contributed by atoms with Crippen molar-refractivity contribution in [3.63, 3.8) is 0 Å². The molecule has 0 spiro atoms. The van der Waals surface area contributed by atoms with E-state index in [2.05, 4.69) is 28.0 Å². The number of rotatable bonds is 8. The zero-order valence-corrected chi connectivity index (χ0v) is 20.7. The Morgan fingerprint density at radius 2 is 1.97 bits per heavy atom. The highest BCUT2D eigenvalue weighted by Gasteiger charge is 2.15. The third kappa shape index (κ3) is 5.82. The SMILES string of the molecule is CC#CC(CC(=O)OCC)c1ccc(OCc2cc(-c3cc(Cl)ccc3C)cn3ncnc23)cc1. The number of esters is 1. The topological polar surface area (TPSA) is 65.7 Å². The quantitative estimate of drug-likeness (QED) is 0.225. The first-order valence-corrected chi connectivity index (χ1v) is 11.8. The summed E-state index contributed by atoms with van der Waals surface area (Å²) >= 11 is 6.25. The molecule has 0 aliphatic heterocycles. The molecule has 0 saturated heterocycles. The molecular weight excluding hydrogens is 462 g/mol. The Labute approximate surface area is 209 Å². The van der Waals surface area contributed by atoms with E-state index in [0.29, 0.717) is 24.0 Å². The minimum atomic E-state index is -0.257. The van der Waals surface area contributed by atoms with Gasteiger partial charge in [0.15, 0.2) is 5.65 Å². The van der Waals surface area contributed by atoms with Gasteiger partial charge in [0.25, 0.3) is 0 Å². The van der Waals surface area contributed by atoms with Crippen LogP contribution in [0, 0.1) is 18.8 Å². The number of ether oxygens (including phenoxy) is 2. The minimum absolute atomic E-state index is 0.218. The molecule has 0 N–H and O–H groups in total. The van der Waals surface area contributed by atoms with Gasteiger partial charge in [0.2, 0.25) is 0 Å². The molecule has 0 amide bonds. The second kappa shape index (κ2) is 11.1. The van der Waals surface area contributed by atoms with Crippen molar-refractivity contribution in [2.45, 2.75) is 39.7 Å². The van der Waals surface area contributed by atoms with Gasteiger partial charge in [-0.05, 0) is 67.8 Å². The molecule has 0 saturated carbocycles. The predicted octanol–water partition coefficient (Wildman–Crippen LogP) is 6.00. The molecule has 4 rings (SSSR count). The van der Waals surface area contributed by atoms with Crippen molar-refractivity contribution in [1.82, 2.24) is 14.6 Å². The van der Waals surface area contributed by atoms with E-state index in [-0.39, 0.29) is 18.3 Å². The molecule has 0 radical (unpaired) electrons. The van der Waals surface area contributed by atoms with Gasteiger partial charge in [-0.2, -0.15) is 5.10 Å². The van der Waals surface area contributed by atoms with Crippen molar-refractivity contribution < 1.29 is 14.3 Å². The summed E-state index contributed by atoms with van der Waals surface area (Å²) in [5.41, 5.74) is 5.71. The molecule has 2 aromatic carbocycles. The number of hydrogen-bond donors (Lipinski definition) is 0. The third-order valence-corrected chi connectivity index (χ3v) is 5.87. The summed E-state index contributed by atoms with van der Waals surface area (Å²) < 4.78 is 12.9. The Hall–Kier alpha value is -3.82. The molecule has 0 fully saturated rings. The zero-order valence-electron chi connectivity index (χ0n) is 19.9. The van der Waals surface area contributed by atoms with Crippen molar-refractivity contribution in [3.05, 3.63) is 82.8 Å². The van der Waals surface area contributed by atoms with Crippen LogP contribution in [0.5, 0.6) is 5.75 Å². The van der Waals surface area contributed by atoms with Gasteiger partial charge in [-0.1, -0.05) is 35.7 Å². The van der Waals surface area contributed by atoms with E-state index in [1.165, 1.54) is 6.33 Å². The Kier molecular flexibility index (Phi) is 7.69. The molecule has 2 heterocycles. The van der Waals surface area contributed by atoms with Gasteiger partial charge >= 0.3 is 5.97 Å². The fourth-order valence-corrected chi connectivity index (χ4v) is 4.10. The molecule has 4 aromatic rings. The smallest absolute Gasteiger partial charge is 0.307 e. The van der Waals surface area contributed by atoms with E-state index in [0.717, 1.165) is 33.5 Å². The number of carbonyl (C=O) groups is 1. The summed E-state index contributed by atoms with van der Waals surface area (Å²) in [5, 5.41) is 5.00. The molecule has 1 unspecified atom stereocenters. The molecule has 0 aliphatic carbocycles. The Morgan fingerprint density at radius 3 is 2.71 bits per heavy atom. The fraction of sp³-hybridized carbons (Fsp3) is 0.250. The monoisotopic (exact) mass is 487 g/mol. The first-order chi connectivity index (χ1) is 17.0. The van der Waals surface area contributed by atoms with Crippen LogP contribution in [0.4, 0.5) is 0 Å². The van der Waals surface area contributed by atoms with Gasteiger partial charge in [-0.3, -0.25) is 4.79 Å². The average Bonchev–Trinajstić information content (AvgIpc) is 3.33. The van der Waals surface area contributed by atoms with Crippen LogP contribution in [-0.4, -0.2) is 27.2 Å². The van der Waals surface area contributed by atoms with Crippen LogP contribution in [-0.2, 0) is 16.1 Å². The zero-order chi connectivity index (χ0) is 24.8. The van der Waals surface area contributed by atoms with Crippen molar-refractivity contribution in [1.29, 1.82) is 0 Å². The normalized spacial score (nSPS) is 11.5. The van der Waals surface area contributed by atoms with Gasteiger partial charge < -0.3 is 9.47 Å². The number of aryl methyl sites for hydroxylation is 1. The van der Waals surface area contributed by atoms with Crippen molar-refractivity contribution >= 4 is 23.2 Å². The van der Waals surface area contributed by atoms with Gasteiger partial charge in [-0.15, -0.1) is 5.92 Å². The van der Waals surface area contributed by atoms with Crippen LogP contribution in [0.15, 0.2) is 61.1 Å². The lowest BCUT2D eigenvalue weighted by molar-refractivity contribution is -0.143. The Balaban J connectivity index is 1.54. The van der Waals surface area contributed by atoms with Crippen LogP contribution in [0.25, 0.3) is 16.8 Å². The number of hydrogen-bond acceptors (Lipinski definition) is 5. The summed E-state index contributed by atoms with van der Waals surface area (Å²) in [6.45, 7) is 6.28. The maximum Gasteiger partial charge on any atom is 0.307 e. The van der Waals surface area contributed by atoms with Crippen LogP contribution in [0.1, 0.15) is 42.9 Å². The van der Waals surface area contributed by atoms with Crippen LogP contribution in [0.3, 0.4) is 0 Å². The standard InChI is InChI=1S/C28H26ClN3O3/c1-4-6-21(14-27(33)34-5-2)20-8-11-25(12-9-20)35-17-23-13-22(16-32-28(23)30-18-31-32)26-15-24(29)10-7-19(26)3/h7-13,15-16,18,21H,5,14,17H2,1-3H3. The maximum atomic E-state index is 11.9. The lowest BCUT2D eigenvalue weighted by Crippen LogP contribution is -2.09. The van der Waals surface area contributed by atoms with Crippen molar-refractivity contribution in [2.75, 3.05) is 6.61 Å². The van der Waals surface area contributed by atoms with Gasteiger partial charge in [0.05, 0.1) is 18.9 Å². The molecule has 6 nitrogen and oxygen atoms in total. The summed E-state index contributed by atoms with van der Waals surface area (Å²) in [5.74, 6) is 6.22. The van der Waals surface area contributed by atoms with Crippen LogP contribution >= 0.6 is 11.6 Å². The summed E-state index contributed by atoms with van der Waals surface area (Å²) in [7, 11) is 0. The molecule has 178 valence electrons. The highest BCUT2D eigenvalue weighted by Crippen LogP contribution is 2.29. The molecule has 0 aliphatic rings. The minimum Gasteiger partial charge on any atom is -0.489 e. The number of aromatic nitrogens is 3. The van der Waals surface area contributed by atoms with Gasteiger partial charge in [0, 0.05) is 22.3 Å². The lowest BCUT2D eigenvalue weighted by Gasteiger charge is -2.13. The predicted molar refractivity (Wildman–Crippen MR) is 136 cm³/mol. The van der Waals surface area contributed by atoms with Gasteiger partial charge in [-0.25, -0.2) is 9.50 Å². The average molecular weight is 488 g/mol. The number of nitrogens with zero attached hydrogens (tertiary/aromatic N) is 3. The lowest BCUT2D eigenvalue weighted by atomic mass is 9.96. The second-order valence-electron chi connectivity index (χ2n) is 8.06. The van der Waals surface area contributed by atoms with E-state index in [1.54, 1.807) is 18.4 Å². The highest BCUT2D eigenvalue weighted by atomic mass is 35.5. The molecule has 2 aromatic heterocycles. The summed E-state index contributed by atoms with van der Waals surface area (Å²) in [4.78, 5) is 16.3. The van der Waals surface area contributed by atoms with Gasteiger partial charge in [0.1, 0.15) is 18.7 Å². The second-order valence-corrected chi connectivity index (χ2v) is 8.49. The van der Waals surface area contributed by atoms with Crippen molar-refractivity contribution in [3.8, 4) is 28.7 Å². The molecule has 7 heteroatoms. The van der Waals surface area contributed by atoms with Crippen molar-refractivity contribution in [2.24, 2.45) is 0 Å². The number of carbonyl (C=O) groups excluding carboxylic acids is 1. The van der Waals surface area contributed by atoms with E-state index in [4.69, 9.17) is 21.1 Å². The van der Waals surface area contributed by atoms with E-state index in [1.807, 2.05) is 55.6 Å². The molecule has 1 atom stereocenters.